The minimum absolute atomic E-state index is 0.135. The highest BCUT2D eigenvalue weighted by Gasteiger charge is 2.36. The minimum atomic E-state index is 0.135. The van der Waals surface area contributed by atoms with Crippen LogP contribution in [0.2, 0.25) is 0 Å². The lowest BCUT2D eigenvalue weighted by atomic mass is 9.77. The average Bonchev–Trinajstić information content (AvgIpc) is 2.55. The van der Waals surface area contributed by atoms with Crippen LogP contribution in [0.3, 0.4) is 0 Å². The number of carbonyl (C=O) groups is 1. The van der Waals surface area contributed by atoms with E-state index in [1.54, 1.807) is 0 Å². The van der Waals surface area contributed by atoms with Crippen LogP contribution in [0.25, 0.3) is 0 Å². The minimum Gasteiger partial charge on any atom is -0.300 e. The Bertz CT molecular complexity index is 269. The second kappa shape index (κ2) is 4.87. The van der Waals surface area contributed by atoms with Gasteiger partial charge in [0, 0.05) is 25.7 Å². The molecule has 0 N–H and O–H groups in total. The number of Topliss-reactive ketones (excluding diaryl/α,β-unsaturated/α-hetero) is 1. The lowest BCUT2D eigenvalue weighted by Crippen LogP contribution is -2.16. The van der Waals surface area contributed by atoms with Crippen molar-refractivity contribution in [3.8, 4) is 24.7 Å². The van der Waals surface area contributed by atoms with Gasteiger partial charge in [0.25, 0.3) is 0 Å². The molecule has 0 spiro atoms. The molecule has 0 aromatic carbocycles. The fourth-order valence-electron chi connectivity index (χ4n) is 2.23. The summed E-state index contributed by atoms with van der Waals surface area (Å²) >= 11 is 0. The van der Waals surface area contributed by atoms with Crippen molar-refractivity contribution >= 4 is 5.78 Å². The maximum Gasteiger partial charge on any atom is 0.133 e. The van der Waals surface area contributed by atoms with E-state index < -0.39 is 0 Å². The lowest BCUT2D eigenvalue weighted by Gasteiger charge is -2.26. The van der Waals surface area contributed by atoms with E-state index in [0.29, 0.717) is 12.2 Å². The molecule has 14 heavy (non-hydrogen) atoms. The van der Waals surface area contributed by atoms with Crippen molar-refractivity contribution in [2.24, 2.45) is 5.41 Å². The average molecular weight is 188 g/mol. The van der Waals surface area contributed by atoms with Crippen molar-refractivity contribution in [2.75, 3.05) is 0 Å². The number of ketones is 1. The fourth-order valence-corrected chi connectivity index (χ4v) is 2.23. The molecule has 74 valence electrons. The second-order valence-electron chi connectivity index (χ2n) is 4.12. The van der Waals surface area contributed by atoms with Crippen LogP contribution < -0.4 is 0 Å². The van der Waals surface area contributed by atoms with Gasteiger partial charge in [0.15, 0.2) is 0 Å². The summed E-state index contributed by atoms with van der Waals surface area (Å²) < 4.78 is 0. The lowest BCUT2D eigenvalue weighted by molar-refractivity contribution is -0.118. The van der Waals surface area contributed by atoms with Crippen LogP contribution in [0.4, 0.5) is 0 Å². The largest absolute Gasteiger partial charge is 0.300 e. The molecule has 0 saturated heterocycles. The smallest absolute Gasteiger partial charge is 0.133 e. The first-order valence-corrected chi connectivity index (χ1v) is 5.11. The second-order valence-corrected chi connectivity index (χ2v) is 4.12. The van der Waals surface area contributed by atoms with Crippen molar-refractivity contribution in [3.05, 3.63) is 0 Å². The van der Waals surface area contributed by atoms with Gasteiger partial charge in [-0.15, -0.1) is 24.7 Å². The van der Waals surface area contributed by atoms with Crippen molar-refractivity contribution in [3.63, 3.8) is 0 Å². The third-order valence-corrected chi connectivity index (χ3v) is 3.11. The molecule has 0 heterocycles. The summed E-state index contributed by atoms with van der Waals surface area (Å²) in [6, 6.07) is 0. The summed E-state index contributed by atoms with van der Waals surface area (Å²) in [7, 11) is 0. The molecular weight excluding hydrogens is 172 g/mol. The van der Waals surface area contributed by atoms with Gasteiger partial charge in [0.2, 0.25) is 0 Å². The van der Waals surface area contributed by atoms with Crippen LogP contribution in [0.5, 0.6) is 0 Å². The molecule has 0 aliphatic heterocycles. The monoisotopic (exact) mass is 188 g/mol. The normalized spacial score (nSPS) is 18.9. The molecule has 1 fully saturated rings. The highest BCUT2D eigenvalue weighted by Crippen LogP contribution is 2.43. The maximum absolute atomic E-state index is 11.3. The maximum atomic E-state index is 11.3. The molecule has 1 saturated carbocycles. The van der Waals surface area contributed by atoms with Gasteiger partial charge >= 0.3 is 0 Å². The molecule has 1 aliphatic rings. The molecule has 0 atom stereocenters. The summed E-state index contributed by atoms with van der Waals surface area (Å²) in [4.78, 5) is 11.3. The van der Waals surface area contributed by atoms with Crippen LogP contribution in [-0.2, 0) is 4.79 Å². The van der Waals surface area contributed by atoms with Crippen molar-refractivity contribution in [1.82, 2.24) is 0 Å². The highest BCUT2D eigenvalue weighted by atomic mass is 16.1. The summed E-state index contributed by atoms with van der Waals surface area (Å²) in [5, 5.41) is 0. The fraction of sp³-hybridized carbons (Fsp3) is 0.615. The topological polar surface area (TPSA) is 17.1 Å². The van der Waals surface area contributed by atoms with E-state index in [9.17, 15) is 4.79 Å². The number of rotatable bonds is 4. The van der Waals surface area contributed by atoms with E-state index in [0.717, 1.165) is 38.5 Å². The third kappa shape index (κ3) is 2.64. The van der Waals surface area contributed by atoms with E-state index in [-0.39, 0.29) is 5.41 Å². The zero-order chi connectivity index (χ0) is 10.4. The van der Waals surface area contributed by atoms with Gasteiger partial charge in [-0.25, -0.2) is 0 Å². The van der Waals surface area contributed by atoms with E-state index >= 15 is 0 Å². The van der Waals surface area contributed by atoms with E-state index in [2.05, 4.69) is 11.8 Å². The van der Waals surface area contributed by atoms with E-state index in [4.69, 9.17) is 12.8 Å². The molecule has 1 aliphatic carbocycles. The summed E-state index contributed by atoms with van der Waals surface area (Å²) in [5.74, 6) is 5.67. The Balaban J connectivity index is 2.57. The molecule has 0 unspecified atom stereocenters. The van der Waals surface area contributed by atoms with Crippen LogP contribution in [0, 0.1) is 30.1 Å². The quantitative estimate of drug-likeness (QED) is 0.620. The molecule has 0 bridgehead atoms. The Morgan fingerprint density at radius 3 is 2.14 bits per heavy atom. The molecule has 0 radical (unpaired) electrons. The van der Waals surface area contributed by atoms with Crippen LogP contribution in [-0.4, -0.2) is 5.78 Å². The zero-order valence-corrected chi connectivity index (χ0v) is 8.51. The van der Waals surface area contributed by atoms with Crippen LogP contribution >= 0.6 is 0 Å². The van der Waals surface area contributed by atoms with Gasteiger partial charge in [-0.2, -0.15) is 0 Å². The van der Waals surface area contributed by atoms with Crippen LogP contribution in [0.1, 0.15) is 44.9 Å². The Morgan fingerprint density at radius 1 is 1.21 bits per heavy atom. The summed E-state index contributed by atoms with van der Waals surface area (Å²) in [5.41, 5.74) is 0.135. The standard InChI is InChI=1S/C13H16O/c1-3-5-8-13(9-6-4-2)10-7-12(14)11-13/h1-2H,5-11H2. The Labute approximate surface area is 86.3 Å². The van der Waals surface area contributed by atoms with E-state index in [1.807, 2.05) is 0 Å². The van der Waals surface area contributed by atoms with Gasteiger partial charge in [0.1, 0.15) is 5.78 Å². The van der Waals surface area contributed by atoms with E-state index in [1.165, 1.54) is 0 Å². The molecule has 1 nitrogen and oxygen atoms in total. The molecule has 0 aromatic rings. The first kappa shape index (κ1) is 10.9. The van der Waals surface area contributed by atoms with Crippen molar-refractivity contribution in [2.45, 2.75) is 44.9 Å². The molecule has 1 heteroatoms. The van der Waals surface area contributed by atoms with Gasteiger partial charge < -0.3 is 0 Å². The van der Waals surface area contributed by atoms with Crippen molar-refractivity contribution < 1.29 is 4.79 Å². The predicted octanol–water partition coefficient (Wildman–Crippen LogP) is 2.55. The first-order chi connectivity index (χ1) is 6.72. The summed E-state index contributed by atoms with van der Waals surface area (Å²) in [6.45, 7) is 0. The van der Waals surface area contributed by atoms with Gasteiger partial charge in [-0.1, -0.05) is 0 Å². The molecular formula is C13H16O. The Hall–Kier alpha value is -1.21. The number of carbonyl (C=O) groups excluding carboxylic acids is 1. The highest BCUT2D eigenvalue weighted by molar-refractivity contribution is 5.81. The van der Waals surface area contributed by atoms with Gasteiger partial charge in [-0.05, 0) is 24.7 Å². The molecule has 0 amide bonds. The Kier molecular flexibility index (Phi) is 3.78. The van der Waals surface area contributed by atoms with Crippen LogP contribution in [0.15, 0.2) is 0 Å². The first-order valence-electron chi connectivity index (χ1n) is 5.11. The van der Waals surface area contributed by atoms with Crippen molar-refractivity contribution in [1.29, 1.82) is 0 Å². The predicted molar refractivity (Wildman–Crippen MR) is 57.4 cm³/mol. The molecule has 1 rings (SSSR count). The van der Waals surface area contributed by atoms with Gasteiger partial charge in [0.05, 0.1) is 0 Å². The number of hydrogen-bond acceptors (Lipinski definition) is 1. The Morgan fingerprint density at radius 2 is 1.79 bits per heavy atom. The third-order valence-electron chi connectivity index (χ3n) is 3.11. The number of terminal acetylenes is 2. The SMILES string of the molecule is C#CCCC1(CCC#C)CCC(=O)C1. The zero-order valence-electron chi connectivity index (χ0n) is 8.51. The number of hydrogen-bond donors (Lipinski definition) is 0. The summed E-state index contributed by atoms with van der Waals surface area (Å²) in [6.07, 6.45) is 16.3. The molecule has 0 aromatic heterocycles. The van der Waals surface area contributed by atoms with Gasteiger partial charge in [-0.3, -0.25) is 4.79 Å².